The lowest BCUT2D eigenvalue weighted by atomic mass is 10.0. The van der Waals surface area contributed by atoms with E-state index >= 15 is 0 Å². The molecule has 0 atom stereocenters. The number of amides is 1. The number of carbonyl (C=O) groups excluding carboxylic acids is 1. The molecular formula is C25H26N6O2. The third kappa shape index (κ3) is 6.46. The molecule has 0 spiro atoms. The van der Waals surface area contributed by atoms with Gasteiger partial charge in [0.2, 0.25) is 5.91 Å². The third-order valence-electron chi connectivity index (χ3n) is 5.42. The van der Waals surface area contributed by atoms with Crippen LogP contribution < -0.4 is 5.32 Å². The van der Waals surface area contributed by atoms with Crippen molar-refractivity contribution in [3.05, 3.63) is 72.3 Å². The largest absolute Gasteiger partial charge is 0.433 e. The summed E-state index contributed by atoms with van der Waals surface area (Å²) in [5, 5.41) is 21.7. The second-order valence-corrected chi connectivity index (χ2v) is 8.04. The number of hydrogen-bond acceptors (Lipinski definition) is 6. The molecule has 1 saturated carbocycles. The molecule has 8 heteroatoms. The van der Waals surface area contributed by atoms with E-state index in [0.29, 0.717) is 18.5 Å². The number of nitrogens with zero attached hydrogens (tertiary/aromatic N) is 3. The van der Waals surface area contributed by atoms with Gasteiger partial charge in [0.05, 0.1) is 6.20 Å². The molecule has 0 saturated heterocycles. The number of carbonyl (C=O) groups is 1. The lowest BCUT2D eigenvalue weighted by Crippen LogP contribution is -2.08. The van der Waals surface area contributed by atoms with Gasteiger partial charge in [-0.3, -0.25) is 25.3 Å². The zero-order valence-corrected chi connectivity index (χ0v) is 18.2. The van der Waals surface area contributed by atoms with Gasteiger partial charge < -0.3 is 10.1 Å². The Kier molecular flexibility index (Phi) is 7.04. The van der Waals surface area contributed by atoms with Crippen molar-refractivity contribution in [1.29, 1.82) is 10.8 Å². The molecule has 0 aliphatic heterocycles. The summed E-state index contributed by atoms with van der Waals surface area (Å²) in [7, 11) is 0. The lowest BCUT2D eigenvalue weighted by molar-refractivity contribution is -0.111. The van der Waals surface area contributed by atoms with Gasteiger partial charge in [-0.2, -0.15) is 5.10 Å². The summed E-state index contributed by atoms with van der Waals surface area (Å²) >= 11 is 0. The number of rotatable bonds is 10. The average Bonchev–Trinajstić information content (AvgIpc) is 3.52. The van der Waals surface area contributed by atoms with E-state index in [1.165, 1.54) is 18.9 Å². The molecule has 8 nitrogen and oxygen atoms in total. The van der Waals surface area contributed by atoms with Gasteiger partial charge in [-0.15, -0.1) is 0 Å². The number of aryl methyl sites for hydroxylation is 1. The Bertz CT molecular complexity index is 1160. The molecule has 0 unspecified atom stereocenters. The number of nitrogens with one attached hydrogen (secondary N) is 3. The van der Waals surface area contributed by atoms with Crippen molar-refractivity contribution in [1.82, 2.24) is 14.8 Å². The summed E-state index contributed by atoms with van der Waals surface area (Å²) in [4.78, 5) is 16.6. The van der Waals surface area contributed by atoms with Gasteiger partial charge in [0.1, 0.15) is 0 Å². The summed E-state index contributed by atoms with van der Waals surface area (Å²) in [5.41, 5.74) is 4.55. The summed E-state index contributed by atoms with van der Waals surface area (Å²) in [6, 6.07) is 9.38. The summed E-state index contributed by atoms with van der Waals surface area (Å²) in [6.45, 7) is 0.956. The number of pyridine rings is 1. The van der Waals surface area contributed by atoms with Crippen LogP contribution in [0, 0.1) is 16.7 Å². The quantitative estimate of drug-likeness (QED) is 0.243. The van der Waals surface area contributed by atoms with Crippen LogP contribution in [0.3, 0.4) is 0 Å². The topological polar surface area (TPSA) is 117 Å². The molecule has 2 aromatic heterocycles. The fourth-order valence-corrected chi connectivity index (χ4v) is 3.46. The van der Waals surface area contributed by atoms with Crippen LogP contribution in [0.5, 0.6) is 0 Å². The van der Waals surface area contributed by atoms with Crippen molar-refractivity contribution in [2.75, 3.05) is 5.32 Å². The van der Waals surface area contributed by atoms with Crippen molar-refractivity contribution in [3.63, 3.8) is 0 Å². The van der Waals surface area contributed by atoms with Crippen LogP contribution >= 0.6 is 0 Å². The average molecular weight is 443 g/mol. The van der Waals surface area contributed by atoms with E-state index in [-0.39, 0.29) is 11.8 Å². The highest BCUT2D eigenvalue weighted by atomic mass is 16.5. The van der Waals surface area contributed by atoms with Crippen LogP contribution in [-0.4, -0.2) is 33.0 Å². The van der Waals surface area contributed by atoms with Crippen molar-refractivity contribution >= 4 is 30.0 Å². The summed E-state index contributed by atoms with van der Waals surface area (Å²) < 4.78 is 6.70. The molecule has 1 fully saturated rings. The summed E-state index contributed by atoms with van der Waals surface area (Å²) in [5.74, 6) is 0.572. The number of hydrogen-bond donors (Lipinski definition) is 3. The first-order valence-electron chi connectivity index (χ1n) is 10.9. The second-order valence-electron chi connectivity index (χ2n) is 8.04. The minimum atomic E-state index is -0.233. The van der Waals surface area contributed by atoms with Crippen LogP contribution in [0.4, 0.5) is 5.69 Å². The number of anilines is 1. The molecule has 1 amide bonds. The van der Waals surface area contributed by atoms with Gasteiger partial charge in [0.25, 0.3) is 0 Å². The molecule has 0 bridgehead atoms. The number of aromatic nitrogens is 3. The fourth-order valence-electron chi connectivity index (χ4n) is 3.46. The Morgan fingerprint density at radius 3 is 2.79 bits per heavy atom. The molecule has 4 rings (SSSR count). The van der Waals surface area contributed by atoms with Crippen LogP contribution in [0.2, 0.25) is 0 Å². The molecule has 1 aromatic carbocycles. The highest BCUT2D eigenvalue weighted by molar-refractivity contribution is 6.02. The van der Waals surface area contributed by atoms with E-state index in [0.717, 1.165) is 41.1 Å². The summed E-state index contributed by atoms with van der Waals surface area (Å²) in [6.07, 6.45) is 15.0. The molecule has 3 N–H and O–H groups in total. The molecule has 168 valence electrons. The third-order valence-corrected chi connectivity index (χ3v) is 5.42. The molecular weight excluding hydrogens is 416 g/mol. The van der Waals surface area contributed by atoms with Gasteiger partial charge in [-0.05, 0) is 60.6 Å². The maximum absolute atomic E-state index is 12.4. The van der Waals surface area contributed by atoms with Gasteiger partial charge in [0, 0.05) is 54.4 Å². The van der Waals surface area contributed by atoms with E-state index in [2.05, 4.69) is 15.4 Å². The van der Waals surface area contributed by atoms with Crippen LogP contribution in [0.1, 0.15) is 30.4 Å². The van der Waals surface area contributed by atoms with Gasteiger partial charge in [0.15, 0.2) is 12.3 Å². The molecule has 0 radical (unpaired) electrons. The smallest absolute Gasteiger partial charge is 0.248 e. The molecule has 2 heterocycles. The Balaban J connectivity index is 1.35. The number of benzene rings is 1. The second kappa shape index (κ2) is 10.5. The molecule has 1 aliphatic rings. The zero-order valence-electron chi connectivity index (χ0n) is 18.2. The van der Waals surface area contributed by atoms with Crippen molar-refractivity contribution in [2.24, 2.45) is 5.92 Å². The fraction of sp³-hybridized carbons (Fsp3) is 0.240. The van der Waals surface area contributed by atoms with Crippen molar-refractivity contribution in [3.8, 4) is 11.1 Å². The van der Waals surface area contributed by atoms with E-state index in [1.807, 2.05) is 47.4 Å². The molecule has 33 heavy (non-hydrogen) atoms. The van der Waals surface area contributed by atoms with Crippen molar-refractivity contribution < 1.29 is 9.53 Å². The molecule has 1 aliphatic carbocycles. The minimum Gasteiger partial charge on any atom is -0.433 e. The lowest BCUT2D eigenvalue weighted by Gasteiger charge is -2.06. The highest BCUT2D eigenvalue weighted by Gasteiger charge is 2.22. The van der Waals surface area contributed by atoms with Crippen molar-refractivity contribution in [2.45, 2.75) is 32.2 Å². The highest BCUT2D eigenvalue weighted by Crippen LogP contribution is 2.31. The van der Waals surface area contributed by atoms with Gasteiger partial charge in [-0.25, -0.2) is 0 Å². The normalized spacial score (nSPS) is 13.1. The van der Waals surface area contributed by atoms with E-state index < -0.39 is 0 Å². The first kappa shape index (κ1) is 22.1. The Morgan fingerprint density at radius 1 is 1.21 bits per heavy atom. The first-order valence-corrected chi connectivity index (χ1v) is 10.9. The monoisotopic (exact) mass is 442 g/mol. The van der Waals surface area contributed by atoms with Crippen LogP contribution in [0.15, 0.2) is 61.2 Å². The van der Waals surface area contributed by atoms with Gasteiger partial charge >= 0.3 is 0 Å². The maximum Gasteiger partial charge on any atom is 0.248 e. The van der Waals surface area contributed by atoms with E-state index in [4.69, 9.17) is 15.6 Å². The standard InChI is InChI=1S/C25H26N6O2/c26-17-33-24(27)9-5-18-3-7-22(8-4-18)30-25(32)10-6-20-13-28-12-11-23(20)21-14-29-31(16-21)15-19-1-2-19/h3-4,6-8,10-14,16-17,19,26-27H,1-2,5,9,15H2,(H,30,32)/b10-6+,26-17?,27-24?. The maximum atomic E-state index is 12.4. The predicted octanol–water partition coefficient (Wildman–Crippen LogP) is 4.54. The predicted molar refractivity (Wildman–Crippen MR) is 128 cm³/mol. The Labute approximate surface area is 192 Å². The first-order chi connectivity index (χ1) is 16.1. The zero-order chi connectivity index (χ0) is 23.0. The van der Waals surface area contributed by atoms with E-state index in [1.54, 1.807) is 18.5 Å². The Morgan fingerprint density at radius 2 is 2.03 bits per heavy atom. The minimum absolute atomic E-state index is 0.0533. The Hall–Kier alpha value is -4.07. The van der Waals surface area contributed by atoms with Crippen LogP contribution in [0.25, 0.3) is 17.2 Å². The SMILES string of the molecule is N=COC(=N)CCc1ccc(NC(=O)/C=C/c2cnccc2-c2cnn(CC3CC3)c2)cc1. The molecule has 3 aromatic rings. The number of ether oxygens (including phenoxy) is 1. The van der Waals surface area contributed by atoms with E-state index in [9.17, 15) is 4.79 Å². The van der Waals surface area contributed by atoms with Gasteiger partial charge in [-0.1, -0.05) is 12.1 Å². The van der Waals surface area contributed by atoms with Crippen LogP contribution in [-0.2, 0) is 22.5 Å².